The number of rotatable bonds is 2. The molecule has 0 aromatic carbocycles. The number of hydrogen-bond donors (Lipinski definition) is 2. The van der Waals surface area contributed by atoms with Crippen molar-refractivity contribution in [2.45, 2.75) is 6.04 Å². The largest absolute Gasteiger partial charge is 0.357 e. The van der Waals surface area contributed by atoms with Crippen LogP contribution in [0.15, 0.2) is 0 Å². The molecule has 0 saturated carbocycles. The van der Waals surface area contributed by atoms with Crippen molar-refractivity contribution in [3.05, 3.63) is 5.28 Å². The Bertz CT molecular complexity index is 511. The van der Waals surface area contributed by atoms with E-state index in [0.29, 0.717) is 38.1 Å². The maximum atomic E-state index is 11.5. The predicted molar refractivity (Wildman–Crippen MR) is 70.5 cm³/mol. The quantitative estimate of drug-likeness (QED) is 0.780. The molecule has 3 rings (SSSR count). The maximum Gasteiger partial charge on any atom is 0.317 e. The first-order valence-electron chi connectivity index (χ1n) is 6.06. The van der Waals surface area contributed by atoms with Crippen molar-refractivity contribution in [1.29, 1.82) is 0 Å². The topological polar surface area (TPSA) is 86.3 Å². The minimum absolute atomic E-state index is 0.00856. The first-order chi connectivity index (χ1) is 9.17. The van der Waals surface area contributed by atoms with Gasteiger partial charge in [-0.3, -0.25) is 0 Å². The number of nitrogens with one attached hydrogen (secondary N) is 2. The summed E-state index contributed by atoms with van der Waals surface area (Å²) in [5, 5.41) is 5.85. The van der Waals surface area contributed by atoms with E-state index in [9.17, 15) is 4.79 Å². The summed E-state index contributed by atoms with van der Waals surface area (Å²) < 4.78 is 0. The molecule has 0 radical (unpaired) electrons. The number of urea groups is 1. The summed E-state index contributed by atoms with van der Waals surface area (Å²) in [5.74, 6) is 0.987. The van der Waals surface area contributed by atoms with Gasteiger partial charge in [0.25, 0.3) is 0 Å². The lowest BCUT2D eigenvalue weighted by molar-refractivity contribution is 0.197. The standard InChI is InChI=1S/C10H14ClN7O/c1-12-8-14-7(11)15-9(16-8)17-2-3-18-6(5-17)4-13-10(18)19/h6H,2-5H2,1H3,(H,13,19)(H,12,14,15,16). The van der Waals surface area contributed by atoms with Crippen LogP contribution < -0.4 is 15.5 Å². The van der Waals surface area contributed by atoms with Gasteiger partial charge in [0, 0.05) is 33.2 Å². The fraction of sp³-hybridized carbons (Fsp3) is 0.600. The molecule has 9 heteroatoms. The van der Waals surface area contributed by atoms with Crippen LogP contribution in [0.2, 0.25) is 5.28 Å². The van der Waals surface area contributed by atoms with Crippen molar-refractivity contribution in [3.8, 4) is 0 Å². The average molecular weight is 284 g/mol. The van der Waals surface area contributed by atoms with Crippen molar-refractivity contribution in [2.24, 2.45) is 0 Å². The van der Waals surface area contributed by atoms with Crippen LogP contribution in [0, 0.1) is 0 Å². The Kier molecular flexibility index (Phi) is 3.02. The van der Waals surface area contributed by atoms with Crippen LogP contribution in [0.5, 0.6) is 0 Å². The summed E-state index contributed by atoms with van der Waals surface area (Å²) >= 11 is 5.88. The van der Waals surface area contributed by atoms with Crippen LogP contribution in [0.4, 0.5) is 16.7 Å². The van der Waals surface area contributed by atoms with Gasteiger partial charge in [0.1, 0.15) is 0 Å². The predicted octanol–water partition coefficient (Wildman–Crippen LogP) is -0.219. The molecule has 0 spiro atoms. The first-order valence-corrected chi connectivity index (χ1v) is 6.44. The molecule has 102 valence electrons. The van der Waals surface area contributed by atoms with Crippen LogP contribution in [0.1, 0.15) is 0 Å². The summed E-state index contributed by atoms with van der Waals surface area (Å²) in [5.41, 5.74) is 0. The monoisotopic (exact) mass is 283 g/mol. The lowest BCUT2D eigenvalue weighted by atomic mass is 10.2. The van der Waals surface area contributed by atoms with Gasteiger partial charge in [-0.2, -0.15) is 15.0 Å². The van der Waals surface area contributed by atoms with Gasteiger partial charge in [0.05, 0.1) is 6.04 Å². The fourth-order valence-electron chi connectivity index (χ4n) is 2.38. The van der Waals surface area contributed by atoms with Crippen LogP contribution in [-0.2, 0) is 0 Å². The molecule has 2 saturated heterocycles. The Morgan fingerprint density at radius 3 is 3.00 bits per heavy atom. The van der Waals surface area contributed by atoms with E-state index in [1.165, 1.54) is 0 Å². The van der Waals surface area contributed by atoms with E-state index in [-0.39, 0.29) is 17.4 Å². The number of fused-ring (bicyclic) bond motifs is 1. The highest BCUT2D eigenvalue weighted by Crippen LogP contribution is 2.20. The zero-order valence-corrected chi connectivity index (χ0v) is 11.2. The number of piperazine rings is 1. The third-order valence-electron chi connectivity index (χ3n) is 3.34. The van der Waals surface area contributed by atoms with E-state index >= 15 is 0 Å². The molecule has 2 N–H and O–H groups in total. The molecule has 3 heterocycles. The summed E-state index contributed by atoms with van der Waals surface area (Å²) in [7, 11) is 1.73. The van der Waals surface area contributed by atoms with Crippen molar-refractivity contribution in [1.82, 2.24) is 25.2 Å². The minimum Gasteiger partial charge on any atom is -0.357 e. The molecule has 1 aromatic rings. The smallest absolute Gasteiger partial charge is 0.317 e. The van der Waals surface area contributed by atoms with E-state index < -0.39 is 0 Å². The van der Waals surface area contributed by atoms with E-state index in [0.717, 1.165) is 0 Å². The molecule has 19 heavy (non-hydrogen) atoms. The molecule has 1 aromatic heterocycles. The molecule has 2 aliphatic heterocycles. The Labute approximate surface area is 115 Å². The van der Waals surface area contributed by atoms with Crippen LogP contribution >= 0.6 is 11.6 Å². The zero-order valence-electron chi connectivity index (χ0n) is 10.4. The van der Waals surface area contributed by atoms with Gasteiger partial charge >= 0.3 is 6.03 Å². The molecular weight excluding hydrogens is 270 g/mol. The molecule has 1 unspecified atom stereocenters. The van der Waals surface area contributed by atoms with Gasteiger partial charge < -0.3 is 20.4 Å². The molecule has 0 bridgehead atoms. The van der Waals surface area contributed by atoms with Gasteiger partial charge in [0.15, 0.2) is 0 Å². The summed E-state index contributed by atoms with van der Waals surface area (Å²) in [6, 6.07) is 0.170. The summed E-state index contributed by atoms with van der Waals surface area (Å²) in [4.78, 5) is 27.8. The molecule has 2 fully saturated rings. The molecule has 2 aliphatic rings. The van der Waals surface area contributed by atoms with Crippen molar-refractivity contribution in [2.75, 3.05) is 43.4 Å². The highest BCUT2D eigenvalue weighted by molar-refractivity contribution is 6.28. The highest BCUT2D eigenvalue weighted by Gasteiger charge is 2.36. The minimum atomic E-state index is 0.00856. The maximum absolute atomic E-state index is 11.5. The number of anilines is 2. The first kappa shape index (κ1) is 12.2. The second-order valence-corrected chi connectivity index (χ2v) is 4.80. The number of carbonyl (C=O) groups excluding carboxylic acids is 1. The van der Waals surface area contributed by atoms with Crippen LogP contribution in [0.25, 0.3) is 0 Å². The second kappa shape index (κ2) is 4.69. The van der Waals surface area contributed by atoms with E-state index in [1.807, 2.05) is 9.80 Å². The van der Waals surface area contributed by atoms with Crippen molar-refractivity contribution >= 4 is 29.5 Å². The van der Waals surface area contributed by atoms with Gasteiger partial charge in [-0.15, -0.1) is 0 Å². The normalized spacial score (nSPS) is 22.2. The lowest BCUT2D eigenvalue weighted by Crippen LogP contribution is -2.52. The number of amides is 2. The molecule has 1 atom stereocenters. The highest BCUT2D eigenvalue weighted by atomic mass is 35.5. The molecule has 0 aliphatic carbocycles. The van der Waals surface area contributed by atoms with E-state index in [2.05, 4.69) is 25.6 Å². The van der Waals surface area contributed by atoms with Gasteiger partial charge in [0.2, 0.25) is 17.2 Å². The number of nitrogens with zero attached hydrogens (tertiary/aromatic N) is 5. The Hall–Kier alpha value is -1.83. The van der Waals surface area contributed by atoms with Gasteiger partial charge in [-0.1, -0.05) is 0 Å². The lowest BCUT2D eigenvalue weighted by Gasteiger charge is -2.36. The number of aromatic nitrogens is 3. The van der Waals surface area contributed by atoms with E-state index in [4.69, 9.17) is 11.6 Å². The van der Waals surface area contributed by atoms with Gasteiger partial charge in [-0.25, -0.2) is 4.79 Å². The Morgan fingerprint density at radius 1 is 1.37 bits per heavy atom. The SMILES string of the molecule is CNc1nc(Cl)nc(N2CCN3C(=O)NCC3C2)n1. The Morgan fingerprint density at radius 2 is 2.21 bits per heavy atom. The number of halogens is 1. The number of carbonyl (C=O) groups is 1. The number of hydrogen-bond acceptors (Lipinski definition) is 6. The molecule has 2 amide bonds. The summed E-state index contributed by atoms with van der Waals surface area (Å²) in [6.45, 7) is 2.71. The average Bonchev–Trinajstić information content (AvgIpc) is 2.79. The zero-order chi connectivity index (χ0) is 13.4. The van der Waals surface area contributed by atoms with E-state index in [1.54, 1.807) is 7.05 Å². The molecule has 8 nitrogen and oxygen atoms in total. The fourth-order valence-corrected chi connectivity index (χ4v) is 2.53. The van der Waals surface area contributed by atoms with Crippen molar-refractivity contribution < 1.29 is 4.79 Å². The van der Waals surface area contributed by atoms with Crippen LogP contribution in [-0.4, -0.2) is 65.2 Å². The molecular formula is C10H14ClN7O. The van der Waals surface area contributed by atoms with Gasteiger partial charge in [-0.05, 0) is 11.6 Å². The Balaban J connectivity index is 1.80. The van der Waals surface area contributed by atoms with Crippen LogP contribution in [0.3, 0.4) is 0 Å². The second-order valence-electron chi connectivity index (χ2n) is 4.46. The third kappa shape index (κ3) is 2.23. The summed E-state index contributed by atoms with van der Waals surface area (Å²) in [6.07, 6.45) is 0. The third-order valence-corrected chi connectivity index (χ3v) is 3.50. The van der Waals surface area contributed by atoms with Crippen molar-refractivity contribution in [3.63, 3.8) is 0 Å².